The number of benzene rings is 4. The first kappa shape index (κ1) is 32.3. The van der Waals surface area contributed by atoms with Gasteiger partial charge in [-0.15, -0.1) is 35.7 Å². The van der Waals surface area contributed by atoms with Crippen LogP contribution in [0.4, 0.5) is 5.69 Å². The minimum atomic E-state index is -0.000999. The monoisotopic (exact) mass is 798 g/mol. The van der Waals surface area contributed by atoms with Crippen LogP contribution in [0, 0.1) is 26.0 Å². The van der Waals surface area contributed by atoms with Gasteiger partial charge in [0.25, 0.3) is 0 Å². The van der Waals surface area contributed by atoms with Crippen LogP contribution in [0.2, 0.25) is 0 Å². The molecule has 0 amide bonds. The number of hydrogen-bond donors (Lipinski definition) is 0. The summed E-state index contributed by atoms with van der Waals surface area (Å²) in [6, 6.07) is 34.0. The van der Waals surface area contributed by atoms with E-state index in [9.17, 15) is 0 Å². The van der Waals surface area contributed by atoms with Crippen molar-refractivity contribution in [1.82, 2.24) is 19.3 Å². The smallest absolute Gasteiger partial charge is 0.509 e. The van der Waals surface area contributed by atoms with Crippen LogP contribution < -0.4 is 9.64 Å². The fourth-order valence-corrected chi connectivity index (χ4v) is 6.16. The number of hydrogen-bond acceptors (Lipinski definition) is 4. The zero-order valence-corrected chi connectivity index (χ0v) is 30.0. The van der Waals surface area contributed by atoms with Crippen LogP contribution in [-0.2, 0) is 26.5 Å². The Bertz CT molecular complexity index is 2210. The molecule has 0 spiro atoms. The van der Waals surface area contributed by atoms with Gasteiger partial charge >= 0.3 is 21.1 Å². The van der Waals surface area contributed by atoms with Gasteiger partial charge in [-0.2, -0.15) is 17.2 Å². The van der Waals surface area contributed by atoms with Crippen molar-refractivity contribution in [2.24, 2.45) is 0 Å². The minimum Gasteiger partial charge on any atom is -0.509 e. The second-order valence-electron chi connectivity index (χ2n) is 13.1. The summed E-state index contributed by atoms with van der Waals surface area (Å²) in [5.74, 6) is 2.05. The fraction of sp³-hybridized carbons (Fsp3) is 0.200. The van der Waals surface area contributed by atoms with Gasteiger partial charge in [-0.05, 0) is 82.9 Å². The van der Waals surface area contributed by atoms with E-state index in [2.05, 4.69) is 136 Å². The van der Waals surface area contributed by atoms with Crippen LogP contribution in [0.5, 0.6) is 11.5 Å². The molecular weight excluding hydrogens is 762 g/mol. The van der Waals surface area contributed by atoms with Gasteiger partial charge in [0.15, 0.2) is 0 Å². The summed E-state index contributed by atoms with van der Waals surface area (Å²) in [5.41, 5.74) is 9.89. The number of anilines is 1. The molecule has 0 N–H and O–H groups in total. The number of fused-ring (bicyclic) bond motifs is 3. The largest absolute Gasteiger partial charge is 2.00 e. The molecule has 238 valence electrons. The van der Waals surface area contributed by atoms with Gasteiger partial charge in [0.2, 0.25) is 0 Å². The maximum Gasteiger partial charge on any atom is 2.00 e. The first-order valence-electron chi connectivity index (χ1n) is 15.5. The van der Waals surface area contributed by atoms with E-state index in [0.717, 1.165) is 38.9 Å². The molecule has 3 aromatic heterocycles. The Morgan fingerprint density at radius 3 is 2.30 bits per heavy atom. The minimum absolute atomic E-state index is 0. The maximum absolute atomic E-state index is 6.39. The van der Waals surface area contributed by atoms with Gasteiger partial charge in [-0.25, -0.2) is 4.98 Å². The molecule has 0 bridgehead atoms. The van der Waals surface area contributed by atoms with Gasteiger partial charge in [0, 0.05) is 54.8 Å². The molecule has 7 aromatic rings. The summed E-state index contributed by atoms with van der Waals surface area (Å²) >= 11 is 0. The zero-order chi connectivity index (χ0) is 32.2. The maximum atomic E-state index is 6.39. The Morgan fingerprint density at radius 1 is 0.809 bits per heavy atom. The summed E-state index contributed by atoms with van der Waals surface area (Å²) in [5, 5.41) is 6.93. The number of aromatic nitrogens is 4. The number of para-hydroxylation sites is 1. The fourth-order valence-electron chi connectivity index (χ4n) is 6.16. The Kier molecular flexibility index (Phi) is 8.58. The average molecular weight is 799 g/mol. The number of pyridine rings is 1. The van der Waals surface area contributed by atoms with Gasteiger partial charge in [0.1, 0.15) is 5.82 Å². The average Bonchev–Trinajstić information content (AvgIpc) is 3.63. The molecule has 4 aromatic carbocycles. The molecule has 3 heterocycles. The third kappa shape index (κ3) is 6.10. The van der Waals surface area contributed by atoms with Crippen LogP contribution in [0.1, 0.15) is 37.5 Å². The van der Waals surface area contributed by atoms with Crippen LogP contribution in [-0.4, -0.2) is 33.4 Å². The second-order valence-corrected chi connectivity index (χ2v) is 13.1. The molecule has 6 nitrogen and oxygen atoms in total. The van der Waals surface area contributed by atoms with Gasteiger partial charge < -0.3 is 14.2 Å². The van der Waals surface area contributed by atoms with Crippen molar-refractivity contribution in [3.63, 3.8) is 0 Å². The molecule has 0 atom stereocenters. The van der Waals surface area contributed by atoms with E-state index in [-0.39, 0.29) is 26.5 Å². The zero-order valence-electron chi connectivity index (χ0n) is 27.7. The number of aryl methyl sites for hydroxylation is 2. The molecule has 7 heteroatoms. The summed E-state index contributed by atoms with van der Waals surface area (Å²) in [6.07, 6.45) is 5.85. The summed E-state index contributed by atoms with van der Waals surface area (Å²) in [7, 11) is 4.13. The number of rotatable bonds is 6. The van der Waals surface area contributed by atoms with Crippen molar-refractivity contribution < 1.29 is 25.8 Å². The third-order valence-electron chi connectivity index (χ3n) is 8.52. The van der Waals surface area contributed by atoms with Crippen molar-refractivity contribution in [2.45, 2.75) is 40.0 Å². The molecule has 0 aliphatic rings. The van der Waals surface area contributed by atoms with E-state index < -0.39 is 0 Å². The summed E-state index contributed by atoms with van der Waals surface area (Å²) < 4.78 is 10.4. The molecule has 0 aliphatic carbocycles. The quantitative estimate of drug-likeness (QED) is 0.158. The van der Waals surface area contributed by atoms with E-state index in [1.807, 2.05) is 41.3 Å². The van der Waals surface area contributed by atoms with Crippen molar-refractivity contribution >= 4 is 27.5 Å². The molecule has 0 unspecified atom stereocenters. The predicted octanol–water partition coefficient (Wildman–Crippen LogP) is 9.40. The van der Waals surface area contributed by atoms with Crippen molar-refractivity contribution in [3.05, 3.63) is 126 Å². The van der Waals surface area contributed by atoms with Crippen LogP contribution in [0.3, 0.4) is 0 Å². The molecule has 0 fully saturated rings. The summed E-state index contributed by atoms with van der Waals surface area (Å²) in [4.78, 5) is 6.91. The second kappa shape index (κ2) is 12.5. The third-order valence-corrected chi connectivity index (χ3v) is 8.52. The topological polar surface area (TPSA) is 48.1 Å². The molecule has 7 rings (SSSR count). The number of nitrogens with zero attached hydrogens (tertiary/aromatic N) is 5. The van der Waals surface area contributed by atoms with Gasteiger partial charge in [0.05, 0.1) is 6.20 Å². The van der Waals surface area contributed by atoms with Gasteiger partial charge in [-0.3, -0.25) is 4.68 Å². The molecule has 47 heavy (non-hydrogen) atoms. The standard InChI is InChI=1S/C40H37N5O.Pt/c1-26-19-31(43(6)7)20-27(2)39(26)28-24-42-44(25-28)30-11-10-12-32(22-30)46-33-15-16-35-34-13-8-9-14-36(34)45(37(35)23-33)38-21-29(17-18-41-38)40(3,4)5;/h8-21,24-25H,1-7H3;/q-2;+2. The van der Waals surface area contributed by atoms with E-state index >= 15 is 0 Å². The normalized spacial score (nSPS) is 11.6. The predicted molar refractivity (Wildman–Crippen MR) is 188 cm³/mol. The Balaban J connectivity index is 0.00000386. The molecular formula is C40H37N5OPt. The first-order chi connectivity index (χ1) is 22.1. The van der Waals surface area contributed by atoms with E-state index in [0.29, 0.717) is 11.5 Å². The molecule has 0 radical (unpaired) electrons. The Morgan fingerprint density at radius 2 is 1.55 bits per heavy atom. The van der Waals surface area contributed by atoms with Gasteiger partial charge in [-0.1, -0.05) is 44.5 Å². The van der Waals surface area contributed by atoms with Crippen LogP contribution in [0.15, 0.2) is 97.5 Å². The number of ether oxygens (including phenoxy) is 1. The Labute approximate surface area is 290 Å². The SMILES string of the molecule is Cc1cc(N(C)C)cc(C)c1-c1cnn(-c2[c-]c(Oc3[c-]c4c(cc3)c3ccccc3n4-c3cc(C(C)(C)C)ccn3)ccc2)c1.[Pt+2]. The Hall–Kier alpha value is -4.67. The van der Waals surface area contributed by atoms with Crippen LogP contribution in [0.25, 0.3) is 44.4 Å². The van der Waals surface area contributed by atoms with Crippen molar-refractivity contribution in [3.8, 4) is 34.1 Å². The molecule has 0 saturated carbocycles. The van der Waals surface area contributed by atoms with Crippen molar-refractivity contribution in [2.75, 3.05) is 19.0 Å². The molecule has 0 aliphatic heterocycles. The van der Waals surface area contributed by atoms with E-state index in [1.54, 1.807) is 0 Å². The molecule has 0 saturated heterocycles. The first-order valence-corrected chi connectivity index (χ1v) is 15.5. The van der Waals surface area contributed by atoms with Crippen LogP contribution >= 0.6 is 0 Å². The van der Waals surface area contributed by atoms with Crippen molar-refractivity contribution in [1.29, 1.82) is 0 Å². The summed E-state index contributed by atoms with van der Waals surface area (Å²) in [6.45, 7) is 11.0. The van der Waals surface area contributed by atoms with E-state index in [1.165, 1.54) is 27.9 Å². The van der Waals surface area contributed by atoms with E-state index in [4.69, 9.17) is 9.72 Å².